The first-order valence-corrected chi connectivity index (χ1v) is 7.08. The minimum Gasteiger partial charge on any atom is -0.345 e. The van der Waals surface area contributed by atoms with Gasteiger partial charge in [0.05, 0.1) is 17.8 Å². The third-order valence-electron chi connectivity index (χ3n) is 3.08. The number of aromatic nitrogens is 2. The normalized spacial score (nSPS) is 10.8. The summed E-state index contributed by atoms with van der Waals surface area (Å²) in [4.78, 5) is 44.4. The molecule has 2 aromatic heterocycles. The van der Waals surface area contributed by atoms with E-state index in [1.54, 1.807) is 55.9 Å². The van der Waals surface area contributed by atoms with E-state index < -0.39 is 11.8 Å². The highest BCUT2D eigenvalue weighted by atomic mass is 16.2. The minimum absolute atomic E-state index is 0.0900. The molecular weight excluding hydrogens is 308 g/mol. The van der Waals surface area contributed by atoms with Gasteiger partial charge in [-0.3, -0.25) is 24.3 Å². The van der Waals surface area contributed by atoms with Crippen molar-refractivity contribution in [3.63, 3.8) is 0 Å². The topological polar surface area (TPSA) is 92.3 Å². The number of rotatable bonds is 6. The molecule has 7 nitrogen and oxygen atoms in total. The number of amides is 2. The molecule has 2 heterocycles. The fraction of sp³-hybridized carbons (Fsp3) is 0.118. The predicted molar refractivity (Wildman–Crippen MR) is 88.6 cm³/mol. The highest BCUT2D eigenvalue weighted by molar-refractivity contribution is 6.28. The van der Waals surface area contributed by atoms with Crippen molar-refractivity contribution in [3.8, 4) is 0 Å². The second-order valence-electron chi connectivity index (χ2n) is 4.69. The van der Waals surface area contributed by atoms with Crippen molar-refractivity contribution in [1.29, 1.82) is 0 Å². The van der Waals surface area contributed by atoms with Crippen LogP contribution in [-0.4, -0.2) is 41.7 Å². The molecule has 0 aromatic carbocycles. The number of hydrogen-bond donors (Lipinski definition) is 1. The zero-order valence-corrected chi connectivity index (χ0v) is 13.0. The summed E-state index contributed by atoms with van der Waals surface area (Å²) in [5.74, 6) is -0.592. The zero-order valence-electron chi connectivity index (χ0n) is 13.0. The first-order valence-electron chi connectivity index (χ1n) is 7.08. The molecule has 0 spiro atoms. The maximum atomic E-state index is 12.8. The van der Waals surface area contributed by atoms with Crippen LogP contribution >= 0.6 is 0 Å². The van der Waals surface area contributed by atoms with Crippen LogP contribution in [0.15, 0.2) is 54.9 Å². The van der Waals surface area contributed by atoms with E-state index in [2.05, 4.69) is 15.3 Å². The molecule has 0 saturated heterocycles. The van der Waals surface area contributed by atoms with Crippen molar-refractivity contribution in [2.75, 3.05) is 18.5 Å². The molecule has 0 bridgehead atoms. The Hall–Kier alpha value is -3.35. The van der Waals surface area contributed by atoms with Gasteiger partial charge in [0.25, 0.3) is 5.91 Å². The molecule has 2 aromatic rings. The van der Waals surface area contributed by atoms with E-state index in [1.165, 1.54) is 11.1 Å². The summed E-state index contributed by atoms with van der Waals surface area (Å²) in [5.41, 5.74) is 0.433. The maximum Gasteiger partial charge on any atom is 0.261 e. The number of carbonyl (C=O) groups excluding carboxylic acids is 3. The molecular formula is C17H15N4O3. The lowest BCUT2D eigenvalue weighted by Gasteiger charge is -2.17. The number of hydrogen-bond acceptors (Lipinski definition) is 5. The van der Waals surface area contributed by atoms with Gasteiger partial charge >= 0.3 is 0 Å². The van der Waals surface area contributed by atoms with Crippen LogP contribution < -0.4 is 10.2 Å². The van der Waals surface area contributed by atoms with Crippen LogP contribution in [0.5, 0.6) is 0 Å². The van der Waals surface area contributed by atoms with Crippen LogP contribution in [0, 0.1) is 0 Å². The van der Waals surface area contributed by atoms with E-state index in [4.69, 9.17) is 0 Å². The van der Waals surface area contributed by atoms with Crippen molar-refractivity contribution in [2.45, 2.75) is 0 Å². The summed E-state index contributed by atoms with van der Waals surface area (Å²) in [6.07, 6.45) is 5.76. The summed E-state index contributed by atoms with van der Waals surface area (Å²) in [7, 11) is 1.55. The highest BCUT2D eigenvalue weighted by Gasteiger charge is 2.20. The zero-order chi connectivity index (χ0) is 17.4. The fourth-order valence-corrected chi connectivity index (χ4v) is 1.91. The van der Waals surface area contributed by atoms with Gasteiger partial charge in [-0.05, 0) is 24.3 Å². The Morgan fingerprint density at radius 1 is 1.17 bits per heavy atom. The van der Waals surface area contributed by atoms with Gasteiger partial charge in [0, 0.05) is 25.5 Å². The van der Waals surface area contributed by atoms with Gasteiger partial charge in [0.15, 0.2) is 0 Å². The van der Waals surface area contributed by atoms with Crippen LogP contribution in [0.4, 0.5) is 5.82 Å². The molecule has 1 N–H and O–H groups in total. The Bertz CT molecular complexity index is 745. The van der Waals surface area contributed by atoms with Gasteiger partial charge in [-0.1, -0.05) is 12.1 Å². The molecule has 0 fully saturated rings. The average molecular weight is 323 g/mol. The molecule has 0 aliphatic rings. The molecule has 2 amide bonds. The molecule has 0 unspecified atom stereocenters. The Morgan fingerprint density at radius 2 is 1.88 bits per heavy atom. The largest absolute Gasteiger partial charge is 0.345 e. The van der Waals surface area contributed by atoms with Gasteiger partial charge in [-0.25, -0.2) is 4.98 Å². The van der Waals surface area contributed by atoms with Crippen LogP contribution in [0.2, 0.25) is 0 Å². The van der Waals surface area contributed by atoms with E-state index in [0.717, 1.165) is 6.08 Å². The first kappa shape index (κ1) is 17.0. The van der Waals surface area contributed by atoms with Crippen molar-refractivity contribution >= 4 is 29.5 Å². The average Bonchev–Trinajstić information content (AvgIpc) is 2.64. The van der Waals surface area contributed by atoms with Crippen LogP contribution in [0.1, 0.15) is 5.69 Å². The minimum atomic E-state index is -0.582. The van der Waals surface area contributed by atoms with Crippen molar-refractivity contribution in [3.05, 3.63) is 60.6 Å². The number of pyridine rings is 2. The molecule has 24 heavy (non-hydrogen) atoms. The van der Waals surface area contributed by atoms with E-state index in [0.29, 0.717) is 11.5 Å². The molecule has 2 rings (SSSR count). The summed E-state index contributed by atoms with van der Waals surface area (Å²) in [5, 5.41) is 2.31. The smallest absolute Gasteiger partial charge is 0.261 e. The molecule has 1 radical (unpaired) electrons. The lowest BCUT2D eigenvalue weighted by atomic mass is 10.1. The quantitative estimate of drug-likeness (QED) is 0.792. The van der Waals surface area contributed by atoms with Gasteiger partial charge in [0.1, 0.15) is 5.82 Å². The van der Waals surface area contributed by atoms with E-state index >= 15 is 0 Å². The maximum absolute atomic E-state index is 12.8. The van der Waals surface area contributed by atoms with E-state index in [9.17, 15) is 14.4 Å². The number of nitrogens with zero attached hydrogens (tertiary/aromatic N) is 3. The molecule has 0 saturated carbocycles. The van der Waals surface area contributed by atoms with Crippen molar-refractivity contribution in [2.24, 2.45) is 0 Å². The lowest BCUT2D eigenvalue weighted by molar-refractivity contribution is -0.117. The van der Waals surface area contributed by atoms with E-state index in [1.807, 2.05) is 0 Å². The molecule has 0 atom stereocenters. The van der Waals surface area contributed by atoms with Crippen molar-refractivity contribution in [1.82, 2.24) is 15.3 Å². The van der Waals surface area contributed by atoms with Crippen LogP contribution in [0.3, 0.4) is 0 Å². The first-order chi connectivity index (χ1) is 11.6. The second kappa shape index (κ2) is 8.33. The SMILES string of the molecule is CN(C(=O)C(=CC(=O)NC[C]=O)c1ccccn1)c1ccccn1. The molecule has 0 aliphatic carbocycles. The third kappa shape index (κ3) is 4.33. The number of anilines is 1. The third-order valence-corrected chi connectivity index (χ3v) is 3.08. The Labute approximate surface area is 139 Å². The standard InChI is InChI=1S/C17H15N4O3/c1-21(15-7-3-5-9-19-15)17(24)13(12-16(23)20-10-11-22)14-6-2-4-8-18-14/h2-9,12H,10H2,1H3,(H,20,23). The van der Waals surface area contributed by atoms with Crippen molar-refractivity contribution < 1.29 is 14.4 Å². The summed E-state index contributed by atoms with van der Waals surface area (Å²) < 4.78 is 0. The monoisotopic (exact) mass is 323 g/mol. The summed E-state index contributed by atoms with van der Waals surface area (Å²) in [6, 6.07) is 10.2. The molecule has 7 heteroatoms. The lowest BCUT2D eigenvalue weighted by Crippen LogP contribution is -2.30. The molecule has 121 valence electrons. The Kier molecular flexibility index (Phi) is 5.90. The number of carbonyl (C=O) groups is 2. The van der Waals surface area contributed by atoms with E-state index in [-0.39, 0.29) is 12.1 Å². The van der Waals surface area contributed by atoms with Gasteiger partial charge < -0.3 is 5.32 Å². The van der Waals surface area contributed by atoms with Crippen LogP contribution in [0.25, 0.3) is 5.57 Å². The Balaban J connectivity index is 2.35. The second-order valence-corrected chi connectivity index (χ2v) is 4.69. The van der Waals surface area contributed by atoms with Gasteiger partial charge in [-0.15, -0.1) is 0 Å². The predicted octanol–water partition coefficient (Wildman–Crippen LogP) is 0.749. The van der Waals surface area contributed by atoms with Crippen LogP contribution in [-0.2, 0) is 14.4 Å². The number of likely N-dealkylation sites (N-methyl/N-ethyl adjacent to an activating group) is 1. The van der Waals surface area contributed by atoms with Gasteiger partial charge in [-0.2, -0.15) is 0 Å². The van der Waals surface area contributed by atoms with Gasteiger partial charge in [0.2, 0.25) is 12.2 Å². The molecule has 0 aliphatic heterocycles. The Morgan fingerprint density at radius 3 is 2.46 bits per heavy atom. The summed E-state index contributed by atoms with van der Waals surface area (Å²) in [6.45, 7) is -0.255. The summed E-state index contributed by atoms with van der Waals surface area (Å²) >= 11 is 0. The number of nitrogens with one attached hydrogen (secondary N) is 1. The fourth-order valence-electron chi connectivity index (χ4n) is 1.91. The highest BCUT2D eigenvalue weighted by Crippen LogP contribution is 2.18.